The summed E-state index contributed by atoms with van der Waals surface area (Å²) in [6.07, 6.45) is 12.4. The van der Waals surface area contributed by atoms with E-state index in [1.165, 1.54) is 35.2 Å². The average Bonchev–Trinajstić information content (AvgIpc) is 2.84. The standard InChI is InChI=1S/C29H34N2.C3H6/c1-5-10-28-27(6-2)22(4)21-29(31-28)25-17-13-23(14-18-25)11-8-9-12-24-15-19-26(20-16-24)30-7-3;1-3-2/h5-6,10,13-21,30H,2,7-9,11-12H2,1,3-4H3;3H,1H2,2H3/b10-5-;. The molecule has 0 amide bonds. The second-order valence-corrected chi connectivity index (χ2v) is 8.37. The monoisotopic (exact) mass is 452 g/mol. The highest BCUT2D eigenvalue weighted by Gasteiger charge is 2.07. The van der Waals surface area contributed by atoms with Crippen LogP contribution in [0.15, 0.2) is 79.9 Å². The molecular formula is C32H40N2. The zero-order chi connectivity index (χ0) is 24.8. The highest BCUT2D eigenvalue weighted by molar-refractivity contribution is 5.70. The number of rotatable bonds is 10. The summed E-state index contributed by atoms with van der Waals surface area (Å²) < 4.78 is 0. The van der Waals surface area contributed by atoms with Crippen molar-refractivity contribution < 1.29 is 0 Å². The lowest BCUT2D eigenvalue weighted by molar-refractivity contribution is 0.734. The van der Waals surface area contributed by atoms with E-state index in [2.05, 4.69) is 93.0 Å². The predicted molar refractivity (Wildman–Crippen MR) is 152 cm³/mol. The van der Waals surface area contributed by atoms with Gasteiger partial charge in [-0.3, -0.25) is 0 Å². The molecule has 3 rings (SSSR count). The van der Waals surface area contributed by atoms with Gasteiger partial charge in [0.1, 0.15) is 0 Å². The molecule has 1 aromatic heterocycles. The number of nitrogens with one attached hydrogen (secondary N) is 1. The Kier molecular flexibility index (Phi) is 11.6. The second kappa shape index (κ2) is 14.7. The Labute approximate surface area is 207 Å². The summed E-state index contributed by atoms with van der Waals surface area (Å²) in [5.41, 5.74) is 9.48. The first kappa shape index (κ1) is 26.9. The van der Waals surface area contributed by atoms with Crippen molar-refractivity contribution in [3.63, 3.8) is 0 Å². The smallest absolute Gasteiger partial charge is 0.0712 e. The second-order valence-electron chi connectivity index (χ2n) is 8.37. The Bertz CT molecular complexity index is 1060. The number of hydrogen-bond acceptors (Lipinski definition) is 2. The van der Waals surface area contributed by atoms with Gasteiger partial charge in [0.25, 0.3) is 0 Å². The van der Waals surface area contributed by atoms with Crippen LogP contribution in [-0.2, 0) is 12.8 Å². The van der Waals surface area contributed by atoms with E-state index in [9.17, 15) is 0 Å². The summed E-state index contributed by atoms with van der Waals surface area (Å²) in [4.78, 5) is 4.86. The molecule has 2 nitrogen and oxygen atoms in total. The van der Waals surface area contributed by atoms with Crippen LogP contribution in [0.3, 0.4) is 0 Å². The minimum Gasteiger partial charge on any atom is -0.385 e. The Hall–Kier alpha value is -3.39. The number of nitrogens with zero attached hydrogens (tertiary/aromatic N) is 1. The van der Waals surface area contributed by atoms with Gasteiger partial charge in [-0.1, -0.05) is 61.2 Å². The van der Waals surface area contributed by atoms with Gasteiger partial charge >= 0.3 is 0 Å². The first-order chi connectivity index (χ1) is 16.6. The number of aromatic nitrogens is 1. The molecule has 0 saturated heterocycles. The Balaban J connectivity index is 0.00000129. The van der Waals surface area contributed by atoms with Gasteiger partial charge in [0.2, 0.25) is 0 Å². The van der Waals surface area contributed by atoms with Crippen molar-refractivity contribution in [3.8, 4) is 11.3 Å². The normalized spacial score (nSPS) is 10.5. The largest absolute Gasteiger partial charge is 0.385 e. The van der Waals surface area contributed by atoms with E-state index < -0.39 is 0 Å². The molecule has 0 radical (unpaired) electrons. The maximum absolute atomic E-state index is 4.86. The lowest BCUT2D eigenvalue weighted by atomic mass is 10.00. The number of unbranched alkanes of at least 4 members (excludes halogenated alkanes) is 1. The Morgan fingerprint density at radius 1 is 0.882 bits per heavy atom. The fourth-order valence-electron chi connectivity index (χ4n) is 3.90. The van der Waals surface area contributed by atoms with E-state index in [0.29, 0.717) is 0 Å². The molecule has 0 atom stereocenters. The minimum atomic E-state index is 0.963. The van der Waals surface area contributed by atoms with Crippen LogP contribution in [0.2, 0.25) is 0 Å². The lowest BCUT2D eigenvalue weighted by Gasteiger charge is -2.10. The van der Waals surface area contributed by atoms with Crippen molar-refractivity contribution in [1.82, 2.24) is 4.98 Å². The van der Waals surface area contributed by atoms with Crippen molar-refractivity contribution in [1.29, 1.82) is 0 Å². The van der Waals surface area contributed by atoms with E-state index in [-0.39, 0.29) is 0 Å². The highest BCUT2D eigenvalue weighted by atomic mass is 14.8. The van der Waals surface area contributed by atoms with Crippen molar-refractivity contribution in [2.24, 2.45) is 0 Å². The maximum atomic E-state index is 4.86. The molecule has 0 fully saturated rings. The molecule has 3 aromatic rings. The summed E-state index contributed by atoms with van der Waals surface area (Å²) in [6.45, 7) is 16.4. The van der Waals surface area contributed by atoms with Crippen molar-refractivity contribution in [3.05, 3.63) is 108 Å². The van der Waals surface area contributed by atoms with Gasteiger partial charge in [0, 0.05) is 23.4 Å². The quantitative estimate of drug-likeness (QED) is 0.245. The molecule has 0 saturated carbocycles. The van der Waals surface area contributed by atoms with Crippen LogP contribution < -0.4 is 5.32 Å². The lowest BCUT2D eigenvalue weighted by Crippen LogP contribution is -1.96. The van der Waals surface area contributed by atoms with Crippen LogP contribution in [0, 0.1) is 6.92 Å². The Morgan fingerprint density at radius 2 is 1.44 bits per heavy atom. The minimum absolute atomic E-state index is 0.963. The van der Waals surface area contributed by atoms with Crippen LogP contribution in [0.4, 0.5) is 5.69 Å². The number of benzene rings is 2. The molecule has 0 bridgehead atoms. The van der Waals surface area contributed by atoms with Gasteiger partial charge in [-0.2, -0.15) is 0 Å². The van der Waals surface area contributed by atoms with Crippen LogP contribution >= 0.6 is 0 Å². The van der Waals surface area contributed by atoms with Gasteiger partial charge in [0.05, 0.1) is 11.4 Å². The zero-order valence-electron chi connectivity index (χ0n) is 21.4. The predicted octanol–water partition coefficient (Wildman–Crippen LogP) is 8.92. The number of pyridine rings is 1. The van der Waals surface area contributed by atoms with Crippen LogP contribution in [-0.4, -0.2) is 11.5 Å². The third-order valence-electron chi connectivity index (χ3n) is 5.59. The maximum Gasteiger partial charge on any atom is 0.0712 e. The van der Waals surface area contributed by atoms with E-state index in [1.807, 2.05) is 26.0 Å². The molecular weight excluding hydrogens is 412 g/mol. The summed E-state index contributed by atoms with van der Waals surface area (Å²) in [7, 11) is 0. The van der Waals surface area contributed by atoms with E-state index in [0.717, 1.165) is 41.9 Å². The van der Waals surface area contributed by atoms with Crippen molar-refractivity contribution >= 4 is 17.8 Å². The molecule has 0 spiro atoms. The van der Waals surface area contributed by atoms with Gasteiger partial charge in [-0.05, 0) is 94.3 Å². The summed E-state index contributed by atoms with van der Waals surface area (Å²) >= 11 is 0. The average molecular weight is 453 g/mol. The number of anilines is 1. The molecule has 0 aliphatic heterocycles. The van der Waals surface area contributed by atoms with Crippen LogP contribution in [0.5, 0.6) is 0 Å². The summed E-state index contributed by atoms with van der Waals surface area (Å²) in [6, 6.07) is 19.9. The van der Waals surface area contributed by atoms with E-state index in [4.69, 9.17) is 4.98 Å². The highest BCUT2D eigenvalue weighted by Crippen LogP contribution is 2.25. The first-order valence-corrected chi connectivity index (χ1v) is 12.3. The van der Waals surface area contributed by atoms with Crippen LogP contribution in [0.25, 0.3) is 23.4 Å². The summed E-state index contributed by atoms with van der Waals surface area (Å²) in [5, 5.41) is 3.35. The molecule has 1 N–H and O–H groups in total. The fraction of sp³-hybridized carbons (Fsp3) is 0.281. The van der Waals surface area contributed by atoms with Gasteiger partial charge in [-0.15, -0.1) is 6.58 Å². The molecule has 1 heterocycles. The summed E-state index contributed by atoms with van der Waals surface area (Å²) in [5.74, 6) is 0. The molecule has 178 valence electrons. The molecule has 0 aliphatic rings. The van der Waals surface area contributed by atoms with E-state index in [1.54, 1.807) is 6.08 Å². The van der Waals surface area contributed by atoms with Crippen molar-refractivity contribution in [2.75, 3.05) is 11.9 Å². The molecule has 0 unspecified atom stereocenters. The number of allylic oxidation sites excluding steroid dienone is 2. The fourth-order valence-corrected chi connectivity index (χ4v) is 3.90. The van der Waals surface area contributed by atoms with Gasteiger partial charge in [0.15, 0.2) is 0 Å². The number of hydrogen-bond donors (Lipinski definition) is 1. The van der Waals surface area contributed by atoms with Crippen LogP contribution in [0.1, 0.15) is 61.6 Å². The third-order valence-corrected chi connectivity index (χ3v) is 5.59. The van der Waals surface area contributed by atoms with Gasteiger partial charge in [-0.25, -0.2) is 4.98 Å². The van der Waals surface area contributed by atoms with E-state index >= 15 is 0 Å². The Morgan fingerprint density at radius 3 is 1.94 bits per heavy atom. The third kappa shape index (κ3) is 8.19. The topological polar surface area (TPSA) is 24.9 Å². The molecule has 0 aliphatic carbocycles. The number of aryl methyl sites for hydroxylation is 3. The zero-order valence-corrected chi connectivity index (χ0v) is 21.4. The SMILES string of the molecule is C=CC.C=Cc1c(C)cc(-c2ccc(CCCCc3ccc(NCC)cc3)cc2)nc1/C=C\C. The molecule has 34 heavy (non-hydrogen) atoms. The van der Waals surface area contributed by atoms with Gasteiger partial charge < -0.3 is 5.32 Å². The molecule has 2 aromatic carbocycles. The first-order valence-electron chi connectivity index (χ1n) is 12.3. The molecule has 2 heteroatoms. The van der Waals surface area contributed by atoms with Crippen molar-refractivity contribution in [2.45, 2.75) is 53.4 Å².